The Labute approximate surface area is 107 Å². The van der Waals surface area contributed by atoms with Gasteiger partial charge in [0.15, 0.2) is 0 Å². The highest BCUT2D eigenvalue weighted by Crippen LogP contribution is 2.35. The van der Waals surface area contributed by atoms with Crippen molar-refractivity contribution in [2.24, 2.45) is 0 Å². The zero-order valence-electron chi connectivity index (χ0n) is 9.21. The summed E-state index contributed by atoms with van der Waals surface area (Å²) >= 11 is 3.78. The molecule has 0 spiro atoms. The molecule has 0 atom stereocenters. The van der Waals surface area contributed by atoms with E-state index in [0.29, 0.717) is 6.07 Å². The predicted octanol–water partition coefficient (Wildman–Crippen LogP) is 3.04. The number of carbonyl (C=O) groups excluding carboxylic acids is 1. The lowest BCUT2D eigenvalue weighted by Gasteiger charge is -2.12. The molecule has 0 heterocycles. The fraction of sp³-hybridized carbons (Fsp3) is 0.273. The van der Waals surface area contributed by atoms with Gasteiger partial charge in [0, 0.05) is 4.90 Å². The summed E-state index contributed by atoms with van der Waals surface area (Å²) in [5.41, 5.74) is -2.09. The highest BCUT2D eigenvalue weighted by Gasteiger charge is 2.35. The minimum Gasteiger partial charge on any atom is -0.462 e. The van der Waals surface area contributed by atoms with Gasteiger partial charge in [0.1, 0.15) is 6.07 Å². The summed E-state index contributed by atoms with van der Waals surface area (Å²) in [6, 6.07) is 3.09. The number of thiol groups is 1. The van der Waals surface area contributed by atoms with E-state index in [9.17, 15) is 18.0 Å². The predicted molar refractivity (Wildman–Crippen MR) is 59.4 cm³/mol. The summed E-state index contributed by atoms with van der Waals surface area (Å²) in [4.78, 5) is 11.2. The number of hydrogen-bond acceptors (Lipinski definition) is 4. The Morgan fingerprint density at radius 1 is 1.50 bits per heavy atom. The fourth-order valence-electron chi connectivity index (χ4n) is 1.30. The molecule has 0 saturated carbocycles. The monoisotopic (exact) mass is 275 g/mol. The average Bonchev–Trinajstić information content (AvgIpc) is 2.27. The number of halogens is 3. The maximum Gasteiger partial charge on any atom is 0.417 e. The molecule has 0 fully saturated rings. The second-order valence-electron chi connectivity index (χ2n) is 3.25. The van der Waals surface area contributed by atoms with E-state index in [4.69, 9.17) is 5.26 Å². The molecule has 0 aliphatic carbocycles. The van der Waals surface area contributed by atoms with Crippen LogP contribution in [0.4, 0.5) is 13.2 Å². The first kappa shape index (κ1) is 14.4. The first-order chi connectivity index (χ1) is 8.31. The van der Waals surface area contributed by atoms with Crippen molar-refractivity contribution < 1.29 is 22.7 Å². The molecule has 7 heteroatoms. The molecule has 0 bridgehead atoms. The van der Waals surface area contributed by atoms with Crippen molar-refractivity contribution in [3.8, 4) is 6.07 Å². The van der Waals surface area contributed by atoms with E-state index in [-0.39, 0.29) is 17.1 Å². The maximum atomic E-state index is 12.7. The number of carbonyl (C=O) groups is 1. The summed E-state index contributed by atoms with van der Waals surface area (Å²) in [7, 11) is 0. The quantitative estimate of drug-likeness (QED) is 0.666. The molecule has 0 amide bonds. The molecule has 0 aliphatic rings. The Balaban J connectivity index is 3.41. The van der Waals surface area contributed by atoms with Crippen LogP contribution in [0.3, 0.4) is 0 Å². The van der Waals surface area contributed by atoms with Gasteiger partial charge in [0.05, 0.1) is 23.3 Å². The van der Waals surface area contributed by atoms with E-state index < -0.39 is 23.3 Å². The molecule has 96 valence electrons. The molecule has 1 aromatic carbocycles. The fourth-order valence-corrected chi connectivity index (χ4v) is 1.61. The van der Waals surface area contributed by atoms with Gasteiger partial charge in [-0.05, 0) is 19.1 Å². The van der Waals surface area contributed by atoms with E-state index in [1.54, 1.807) is 0 Å². The largest absolute Gasteiger partial charge is 0.462 e. The molecule has 0 radical (unpaired) electrons. The van der Waals surface area contributed by atoms with Gasteiger partial charge < -0.3 is 4.74 Å². The van der Waals surface area contributed by atoms with Crippen LogP contribution in [0.15, 0.2) is 17.0 Å². The first-order valence-corrected chi connectivity index (χ1v) is 5.27. The van der Waals surface area contributed by atoms with Crippen LogP contribution in [0.1, 0.15) is 28.4 Å². The van der Waals surface area contributed by atoms with Gasteiger partial charge in [-0.2, -0.15) is 18.4 Å². The van der Waals surface area contributed by atoms with Gasteiger partial charge >= 0.3 is 12.1 Å². The zero-order valence-corrected chi connectivity index (χ0v) is 10.1. The lowest BCUT2D eigenvalue weighted by atomic mass is 10.0. The van der Waals surface area contributed by atoms with E-state index in [2.05, 4.69) is 17.4 Å². The first-order valence-electron chi connectivity index (χ1n) is 4.82. The third-order valence-corrected chi connectivity index (χ3v) is 2.40. The lowest BCUT2D eigenvalue weighted by Crippen LogP contribution is -2.12. The molecule has 0 saturated heterocycles. The van der Waals surface area contributed by atoms with Crippen molar-refractivity contribution in [1.29, 1.82) is 5.26 Å². The van der Waals surface area contributed by atoms with E-state index >= 15 is 0 Å². The molecule has 1 rings (SSSR count). The second-order valence-corrected chi connectivity index (χ2v) is 3.73. The van der Waals surface area contributed by atoms with Crippen LogP contribution < -0.4 is 0 Å². The SMILES string of the molecule is CCOC(=O)c1cc(S)c(C#N)c(C(F)(F)F)c1. The van der Waals surface area contributed by atoms with Crippen molar-refractivity contribution in [1.82, 2.24) is 0 Å². The normalized spacial score (nSPS) is 10.9. The Hall–Kier alpha value is -1.68. The Morgan fingerprint density at radius 3 is 2.56 bits per heavy atom. The highest BCUT2D eigenvalue weighted by atomic mass is 32.1. The molecular formula is C11H8F3NO2S. The molecule has 3 nitrogen and oxygen atoms in total. The van der Waals surface area contributed by atoms with Gasteiger partial charge in [-0.25, -0.2) is 4.79 Å². The zero-order chi connectivity index (χ0) is 13.9. The minimum absolute atomic E-state index is 0.0437. The van der Waals surface area contributed by atoms with Gasteiger partial charge in [-0.15, -0.1) is 12.6 Å². The Morgan fingerprint density at radius 2 is 2.11 bits per heavy atom. The molecule has 0 aliphatic heterocycles. The van der Waals surface area contributed by atoms with Gasteiger partial charge in [-0.3, -0.25) is 0 Å². The summed E-state index contributed by atoms with van der Waals surface area (Å²) in [5, 5.41) is 8.68. The van der Waals surface area contributed by atoms with Crippen molar-refractivity contribution in [3.63, 3.8) is 0 Å². The van der Waals surface area contributed by atoms with Crippen LogP contribution in [-0.4, -0.2) is 12.6 Å². The Kier molecular flexibility index (Phi) is 4.24. The van der Waals surface area contributed by atoms with Crippen LogP contribution in [0, 0.1) is 11.3 Å². The smallest absolute Gasteiger partial charge is 0.417 e. The number of nitrogens with zero attached hydrogens (tertiary/aromatic N) is 1. The summed E-state index contributed by atoms with van der Waals surface area (Å²) in [5.74, 6) is -0.886. The highest BCUT2D eigenvalue weighted by molar-refractivity contribution is 7.80. The maximum absolute atomic E-state index is 12.7. The van der Waals surface area contributed by atoms with E-state index in [1.807, 2.05) is 0 Å². The number of nitriles is 1. The number of hydrogen-bond donors (Lipinski definition) is 1. The van der Waals surface area contributed by atoms with Crippen LogP contribution in [0.2, 0.25) is 0 Å². The molecule has 0 aromatic heterocycles. The van der Waals surface area contributed by atoms with Crippen molar-refractivity contribution in [3.05, 3.63) is 28.8 Å². The molecule has 0 unspecified atom stereocenters. The van der Waals surface area contributed by atoms with Crippen molar-refractivity contribution >= 4 is 18.6 Å². The topological polar surface area (TPSA) is 50.1 Å². The van der Waals surface area contributed by atoms with E-state index in [1.165, 1.54) is 13.0 Å². The third kappa shape index (κ3) is 2.96. The number of rotatable bonds is 2. The second kappa shape index (κ2) is 5.31. The Bertz CT molecular complexity index is 520. The molecule has 18 heavy (non-hydrogen) atoms. The minimum atomic E-state index is -4.73. The van der Waals surface area contributed by atoms with Crippen molar-refractivity contribution in [2.45, 2.75) is 18.0 Å². The third-order valence-electron chi connectivity index (χ3n) is 2.05. The van der Waals surface area contributed by atoms with Crippen molar-refractivity contribution in [2.75, 3.05) is 6.61 Å². The van der Waals surface area contributed by atoms with Crippen LogP contribution in [-0.2, 0) is 10.9 Å². The standard InChI is InChI=1S/C11H8F3NO2S/c1-2-17-10(16)6-3-8(11(12,13)14)7(5-15)9(18)4-6/h3-4,18H,2H2,1H3. The number of benzene rings is 1. The van der Waals surface area contributed by atoms with Gasteiger partial charge in [-0.1, -0.05) is 0 Å². The lowest BCUT2D eigenvalue weighted by molar-refractivity contribution is -0.137. The van der Waals surface area contributed by atoms with Crippen LogP contribution >= 0.6 is 12.6 Å². The molecule has 0 N–H and O–H groups in total. The number of alkyl halides is 3. The van der Waals surface area contributed by atoms with Crippen LogP contribution in [0.5, 0.6) is 0 Å². The van der Waals surface area contributed by atoms with Crippen LogP contribution in [0.25, 0.3) is 0 Å². The summed E-state index contributed by atoms with van der Waals surface area (Å²) in [6.45, 7) is 1.58. The summed E-state index contributed by atoms with van der Waals surface area (Å²) in [6.07, 6.45) is -4.73. The summed E-state index contributed by atoms with van der Waals surface area (Å²) < 4.78 is 42.7. The molecular weight excluding hydrogens is 267 g/mol. The molecule has 1 aromatic rings. The van der Waals surface area contributed by atoms with Gasteiger partial charge in [0.2, 0.25) is 0 Å². The van der Waals surface area contributed by atoms with E-state index in [0.717, 1.165) is 6.07 Å². The number of ether oxygens (including phenoxy) is 1. The number of esters is 1. The average molecular weight is 275 g/mol. The van der Waals surface area contributed by atoms with Gasteiger partial charge in [0.25, 0.3) is 0 Å².